The van der Waals surface area contributed by atoms with Crippen molar-refractivity contribution in [3.8, 4) is 0 Å². The zero-order valence-corrected chi connectivity index (χ0v) is 24.5. The Hall–Kier alpha value is -0.694. The van der Waals surface area contributed by atoms with Crippen LogP contribution in [0.15, 0.2) is 24.3 Å². The molecule has 0 radical (unpaired) electrons. The summed E-state index contributed by atoms with van der Waals surface area (Å²) >= 11 is -3.30. The van der Waals surface area contributed by atoms with Crippen molar-refractivity contribution in [1.82, 2.24) is 0 Å². The summed E-state index contributed by atoms with van der Waals surface area (Å²) in [5.41, 5.74) is 0. The third-order valence-corrected chi connectivity index (χ3v) is 30.0. The molecule has 0 aliphatic heterocycles. The normalized spacial score (nSPS) is 18.7. The predicted molar refractivity (Wildman–Crippen MR) is 112 cm³/mol. The Bertz CT molecular complexity index is 958. The molecular weight excluding hydrogens is 710 g/mol. The molecule has 1 rings (SSSR count). The summed E-state index contributed by atoms with van der Waals surface area (Å²) < 4.78 is 229. The van der Waals surface area contributed by atoms with Gasteiger partial charge in [-0.05, 0) is 0 Å². The SMILES string of the molecule is C[Si](C)(CCC(F)(F)C(F)(F)C(F)(F)C(F)(F)C(F)(F)C(F)(F)C(F)(F)C(F)(F)F)[C]1([Sn]([CH3])([CH3])[CH3])C=CC=C1. The van der Waals surface area contributed by atoms with Crippen LogP contribution in [0, 0.1) is 0 Å². The molecular formula is C20H23F17SiSn. The van der Waals surface area contributed by atoms with E-state index in [4.69, 9.17) is 0 Å². The Morgan fingerprint density at radius 1 is 0.538 bits per heavy atom. The van der Waals surface area contributed by atoms with E-state index in [1.54, 1.807) is 12.2 Å². The summed E-state index contributed by atoms with van der Waals surface area (Å²) in [7, 11) is -3.28. The Kier molecular flexibility index (Phi) is 9.01. The second kappa shape index (κ2) is 9.67. The van der Waals surface area contributed by atoms with Crippen LogP contribution < -0.4 is 0 Å². The van der Waals surface area contributed by atoms with E-state index in [2.05, 4.69) is 0 Å². The van der Waals surface area contributed by atoms with E-state index < -0.39 is 89.6 Å². The van der Waals surface area contributed by atoms with Crippen molar-refractivity contribution < 1.29 is 74.6 Å². The van der Waals surface area contributed by atoms with E-state index in [0.29, 0.717) is 0 Å². The van der Waals surface area contributed by atoms with Gasteiger partial charge in [-0.25, -0.2) is 0 Å². The number of halogens is 17. The van der Waals surface area contributed by atoms with Crippen LogP contribution in [-0.2, 0) is 0 Å². The molecule has 0 saturated heterocycles. The van der Waals surface area contributed by atoms with Gasteiger partial charge < -0.3 is 0 Å². The van der Waals surface area contributed by atoms with Gasteiger partial charge in [0.1, 0.15) is 0 Å². The van der Waals surface area contributed by atoms with Crippen molar-refractivity contribution in [2.45, 2.75) is 91.1 Å². The summed E-state index contributed by atoms with van der Waals surface area (Å²) in [6.07, 6.45) is -3.90. The van der Waals surface area contributed by atoms with Gasteiger partial charge in [0.15, 0.2) is 0 Å². The molecule has 0 saturated carbocycles. The Morgan fingerprint density at radius 3 is 1.15 bits per heavy atom. The van der Waals surface area contributed by atoms with Gasteiger partial charge in [-0.1, -0.05) is 0 Å². The Balaban J connectivity index is 3.53. The number of alkyl halides is 17. The number of hydrogen-bond donors (Lipinski definition) is 0. The fraction of sp³-hybridized carbons (Fsp3) is 0.800. The zero-order valence-electron chi connectivity index (χ0n) is 20.6. The van der Waals surface area contributed by atoms with E-state index in [9.17, 15) is 74.6 Å². The van der Waals surface area contributed by atoms with Crippen LogP contribution in [0.5, 0.6) is 0 Å². The number of allylic oxidation sites excluding steroid dienone is 4. The van der Waals surface area contributed by atoms with E-state index in [-0.39, 0.29) is 0 Å². The first-order valence-electron chi connectivity index (χ1n) is 10.7. The van der Waals surface area contributed by atoms with E-state index in [1.165, 1.54) is 25.2 Å². The van der Waals surface area contributed by atoms with Gasteiger partial charge in [-0.3, -0.25) is 0 Å². The van der Waals surface area contributed by atoms with E-state index in [1.807, 2.05) is 14.8 Å². The standard InChI is InChI=1S/C17H14F17Si.3CH3.Sn/c1-35(2,9-5-3-4-6-9)8-7-10(18,19)11(20,21)12(22,23)13(24,25)14(26,27)15(28,29)16(30,31)17(32,33)34;;;;/h3-6H,7-8H2,1-2H3;3*1H3;. The molecule has 0 heterocycles. The summed E-state index contributed by atoms with van der Waals surface area (Å²) in [6, 6.07) is -1.02. The van der Waals surface area contributed by atoms with Crippen LogP contribution in [-0.4, -0.2) is 74.1 Å². The molecule has 0 amide bonds. The molecule has 0 atom stereocenters. The van der Waals surface area contributed by atoms with Crippen LogP contribution in [0.25, 0.3) is 0 Å². The summed E-state index contributed by atoms with van der Waals surface area (Å²) in [5, 5.41) is 0. The predicted octanol–water partition coefficient (Wildman–Crippen LogP) is 9.84. The molecule has 0 fully saturated rings. The fourth-order valence-corrected chi connectivity index (χ4v) is 30.8. The van der Waals surface area contributed by atoms with Crippen LogP contribution in [0.1, 0.15) is 6.42 Å². The maximum absolute atomic E-state index is 14.5. The summed E-state index contributed by atoms with van der Waals surface area (Å²) in [6.45, 7) is 2.76. The molecule has 19 heteroatoms. The van der Waals surface area contributed by atoms with Crippen molar-refractivity contribution in [2.75, 3.05) is 0 Å². The van der Waals surface area contributed by atoms with Gasteiger partial charge in [-0.2, -0.15) is 13.2 Å². The van der Waals surface area contributed by atoms with Crippen LogP contribution >= 0.6 is 0 Å². The molecule has 0 aromatic carbocycles. The molecule has 0 aromatic rings. The molecule has 0 bridgehead atoms. The topological polar surface area (TPSA) is 0 Å². The van der Waals surface area contributed by atoms with Crippen LogP contribution in [0.2, 0.25) is 37.0 Å². The van der Waals surface area contributed by atoms with Crippen LogP contribution in [0.4, 0.5) is 74.6 Å². The summed E-state index contributed by atoms with van der Waals surface area (Å²) in [5.74, 6) is -55.9. The number of rotatable bonds is 11. The first-order chi connectivity index (χ1) is 16.7. The average Bonchev–Trinajstić information content (AvgIpc) is 3.23. The Labute approximate surface area is 216 Å². The number of hydrogen-bond acceptors (Lipinski definition) is 0. The van der Waals surface area contributed by atoms with Gasteiger partial charge in [0.2, 0.25) is 0 Å². The molecule has 39 heavy (non-hydrogen) atoms. The van der Waals surface area contributed by atoms with E-state index in [0.717, 1.165) is 0 Å². The molecule has 0 aromatic heterocycles. The second-order valence-corrected chi connectivity index (χ2v) is 32.6. The summed E-state index contributed by atoms with van der Waals surface area (Å²) in [4.78, 5) is 5.43. The van der Waals surface area contributed by atoms with Crippen molar-refractivity contribution in [3.63, 3.8) is 0 Å². The average molecular weight is 733 g/mol. The van der Waals surface area contributed by atoms with Gasteiger partial charge in [0, 0.05) is 0 Å². The maximum atomic E-state index is 14.5. The Morgan fingerprint density at radius 2 is 0.846 bits per heavy atom. The minimum atomic E-state index is -8.60. The monoisotopic (exact) mass is 734 g/mol. The van der Waals surface area contributed by atoms with Crippen molar-refractivity contribution in [1.29, 1.82) is 0 Å². The molecule has 0 N–H and O–H groups in total. The van der Waals surface area contributed by atoms with Gasteiger partial charge in [-0.15, -0.1) is 0 Å². The van der Waals surface area contributed by atoms with Gasteiger partial charge in [0.25, 0.3) is 0 Å². The van der Waals surface area contributed by atoms with Gasteiger partial charge in [0.05, 0.1) is 0 Å². The third-order valence-electron chi connectivity index (χ3n) is 7.04. The molecule has 0 nitrogen and oxygen atoms in total. The first kappa shape index (κ1) is 36.3. The first-order valence-corrected chi connectivity index (χ1v) is 23.9. The quantitative estimate of drug-likeness (QED) is 0.147. The van der Waals surface area contributed by atoms with Crippen molar-refractivity contribution in [2.24, 2.45) is 0 Å². The molecule has 1 aliphatic rings. The van der Waals surface area contributed by atoms with Crippen LogP contribution in [0.3, 0.4) is 0 Å². The fourth-order valence-electron chi connectivity index (χ4n) is 4.47. The molecule has 1 aliphatic carbocycles. The molecule has 0 unspecified atom stereocenters. The zero-order chi connectivity index (χ0) is 31.7. The van der Waals surface area contributed by atoms with Gasteiger partial charge >= 0.3 is 203 Å². The second-order valence-electron chi connectivity index (χ2n) is 10.9. The minimum absolute atomic E-state index is 0.891. The third kappa shape index (κ3) is 5.01. The van der Waals surface area contributed by atoms with Crippen molar-refractivity contribution in [3.05, 3.63) is 24.3 Å². The molecule has 230 valence electrons. The molecule has 0 spiro atoms. The van der Waals surface area contributed by atoms with Crippen molar-refractivity contribution >= 4 is 26.5 Å². The van der Waals surface area contributed by atoms with E-state index >= 15 is 0 Å².